The lowest BCUT2D eigenvalue weighted by Gasteiger charge is -2.10. The number of amides is 1. The molecule has 0 fully saturated rings. The number of anilines is 1. The molecule has 0 spiro atoms. The van der Waals surface area contributed by atoms with Gasteiger partial charge < -0.3 is 9.47 Å². The molecule has 1 amide bonds. The highest BCUT2D eigenvalue weighted by Gasteiger charge is 2.05. The average molecular weight is 347 g/mol. The Bertz CT molecular complexity index is 876. The summed E-state index contributed by atoms with van der Waals surface area (Å²) in [5, 5.41) is 2.67. The van der Waals surface area contributed by atoms with Crippen LogP contribution >= 0.6 is 0 Å². The Kier molecular flexibility index (Phi) is 5.62. The van der Waals surface area contributed by atoms with Gasteiger partial charge >= 0.3 is 6.09 Å². The zero-order valence-corrected chi connectivity index (χ0v) is 13.9. The third kappa shape index (κ3) is 4.95. The number of ether oxygens (including phenoxy) is 2. The van der Waals surface area contributed by atoms with Crippen molar-refractivity contribution < 1.29 is 19.1 Å². The fourth-order valence-electron chi connectivity index (χ4n) is 2.26. The van der Waals surface area contributed by atoms with Crippen LogP contribution in [0.1, 0.15) is 15.9 Å². The van der Waals surface area contributed by atoms with Gasteiger partial charge in [0, 0.05) is 17.3 Å². The average Bonchev–Trinajstić information content (AvgIpc) is 2.68. The van der Waals surface area contributed by atoms with E-state index in [2.05, 4.69) is 5.32 Å². The highest BCUT2D eigenvalue weighted by atomic mass is 16.5. The second-order valence-corrected chi connectivity index (χ2v) is 5.50. The summed E-state index contributed by atoms with van der Waals surface area (Å²) in [6, 6.07) is 23.2. The SMILES string of the molecule is O=Cc1ccc(Oc2cccc(NC(=O)OCc3ccccc3)c2)cc1. The quantitative estimate of drug-likeness (QED) is 0.635. The number of carbonyl (C=O) groups excluding carboxylic acids is 2. The normalized spacial score (nSPS) is 10.0. The van der Waals surface area contributed by atoms with E-state index in [1.165, 1.54) is 0 Å². The molecule has 3 aromatic carbocycles. The second kappa shape index (κ2) is 8.48. The first-order valence-electron chi connectivity index (χ1n) is 8.04. The minimum atomic E-state index is -0.540. The van der Waals surface area contributed by atoms with Crippen LogP contribution in [0, 0.1) is 0 Å². The van der Waals surface area contributed by atoms with Crippen molar-refractivity contribution in [3.63, 3.8) is 0 Å². The minimum Gasteiger partial charge on any atom is -0.457 e. The van der Waals surface area contributed by atoms with Crippen LogP contribution < -0.4 is 10.1 Å². The van der Waals surface area contributed by atoms with Crippen molar-refractivity contribution >= 4 is 18.1 Å². The van der Waals surface area contributed by atoms with Crippen molar-refractivity contribution in [2.75, 3.05) is 5.32 Å². The highest BCUT2D eigenvalue weighted by molar-refractivity contribution is 5.84. The summed E-state index contributed by atoms with van der Waals surface area (Å²) in [6.07, 6.45) is 0.233. The third-order valence-electron chi connectivity index (χ3n) is 3.55. The zero-order chi connectivity index (χ0) is 18.2. The molecule has 0 saturated heterocycles. The monoisotopic (exact) mass is 347 g/mol. The number of nitrogens with one attached hydrogen (secondary N) is 1. The number of hydrogen-bond acceptors (Lipinski definition) is 4. The highest BCUT2D eigenvalue weighted by Crippen LogP contribution is 2.24. The first-order chi connectivity index (χ1) is 12.7. The Balaban J connectivity index is 1.57. The van der Waals surface area contributed by atoms with Crippen LogP contribution in [-0.2, 0) is 11.3 Å². The first kappa shape index (κ1) is 17.2. The number of hydrogen-bond donors (Lipinski definition) is 1. The van der Waals surface area contributed by atoms with E-state index in [0.717, 1.165) is 11.8 Å². The first-order valence-corrected chi connectivity index (χ1v) is 8.04. The largest absolute Gasteiger partial charge is 0.457 e. The number of rotatable bonds is 6. The van der Waals surface area contributed by atoms with Crippen LogP contribution in [0.5, 0.6) is 11.5 Å². The fraction of sp³-hybridized carbons (Fsp3) is 0.0476. The Morgan fingerprint density at radius 2 is 1.65 bits per heavy atom. The van der Waals surface area contributed by atoms with Gasteiger partial charge in [0.1, 0.15) is 24.4 Å². The van der Waals surface area contributed by atoms with Crippen molar-refractivity contribution in [1.29, 1.82) is 0 Å². The van der Waals surface area contributed by atoms with Gasteiger partial charge in [-0.2, -0.15) is 0 Å². The lowest BCUT2D eigenvalue weighted by molar-refractivity contribution is 0.112. The van der Waals surface area contributed by atoms with E-state index >= 15 is 0 Å². The van der Waals surface area contributed by atoms with Crippen molar-refractivity contribution in [1.82, 2.24) is 0 Å². The molecule has 26 heavy (non-hydrogen) atoms. The van der Waals surface area contributed by atoms with E-state index in [-0.39, 0.29) is 6.61 Å². The van der Waals surface area contributed by atoms with Crippen molar-refractivity contribution in [3.8, 4) is 11.5 Å². The van der Waals surface area contributed by atoms with E-state index < -0.39 is 6.09 Å². The minimum absolute atomic E-state index is 0.200. The molecule has 0 unspecified atom stereocenters. The molecule has 0 bridgehead atoms. The predicted octanol–water partition coefficient (Wildman–Crippen LogP) is 5.04. The summed E-state index contributed by atoms with van der Waals surface area (Å²) in [7, 11) is 0. The maximum Gasteiger partial charge on any atom is 0.411 e. The van der Waals surface area contributed by atoms with Crippen molar-refractivity contribution in [2.24, 2.45) is 0 Å². The molecule has 130 valence electrons. The van der Waals surface area contributed by atoms with Crippen LogP contribution in [0.3, 0.4) is 0 Å². The van der Waals surface area contributed by atoms with Crippen LogP contribution in [0.4, 0.5) is 10.5 Å². The van der Waals surface area contributed by atoms with E-state index in [1.807, 2.05) is 30.3 Å². The molecule has 1 N–H and O–H groups in total. The number of aldehydes is 1. The van der Waals surface area contributed by atoms with Gasteiger partial charge in [0.2, 0.25) is 0 Å². The van der Waals surface area contributed by atoms with Crippen LogP contribution in [0.2, 0.25) is 0 Å². The summed E-state index contributed by atoms with van der Waals surface area (Å²) < 4.78 is 10.9. The maximum absolute atomic E-state index is 11.9. The Labute approximate surface area is 151 Å². The number of carbonyl (C=O) groups is 2. The smallest absolute Gasteiger partial charge is 0.411 e. The van der Waals surface area contributed by atoms with Gasteiger partial charge in [-0.1, -0.05) is 36.4 Å². The Morgan fingerprint density at radius 1 is 0.885 bits per heavy atom. The van der Waals surface area contributed by atoms with Gasteiger partial charge in [-0.15, -0.1) is 0 Å². The molecule has 0 aliphatic carbocycles. The molecule has 3 aromatic rings. The summed E-state index contributed by atoms with van der Waals surface area (Å²) in [5.74, 6) is 1.16. The van der Waals surface area contributed by atoms with E-state index in [1.54, 1.807) is 48.5 Å². The molecule has 0 atom stereocenters. The van der Waals surface area contributed by atoms with E-state index in [0.29, 0.717) is 22.7 Å². The predicted molar refractivity (Wildman–Crippen MR) is 98.6 cm³/mol. The Morgan fingerprint density at radius 3 is 2.38 bits per heavy atom. The molecule has 0 aromatic heterocycles. The molecule has 0 aliphatic rings. The van der Waals surface area contributed by atoms with E-state index in [9.17, 15) is 9.59 Å². The molecule has 0 aliphatic heterocycles. The molecule has 0 radical (unpaired) electrons. The third-order valence-corrected chi connectivity index (χ3v) is 3.55. The number of benzene rings is 3. The van der Waals surface area contributed by atoms with Gasteiger partial charge in [0.15, 0.2) is 0 Å². The summed E-state index contributed by atoms with van der Waals surface area (Å²) >= 11 is 0. The topological polar surface area (TPSA) is 64.6 Å². The van der Waals surface area contributed by atoms with Gasteiger partial charge in [-0.25, -0.2) is 4.79 Å². The van der Waals surface area contributed by atoms with Gasteiger partial charge in [-0.3, -0.25) is 10.1 Å². The lowest BCUT2D eigenvalue weighted by atomic mass is 10.2. The summed E-state index contributed by atoms with van der Waals surface area (Å²) in [4.78, 5) is 22.6. The molecule has 3 rings (SSSR count). The van der Waals surface area contributed by atoms with Gasteiger partial charge in [0.05, 0.1) is 0 Å². The molecular formula is C21H17NO4. The van der Waals surface area contributed by atoms with Crippen LogP contribution in [0.25, 0.3) is 0 Å². The van der Waals surface area contributed by atoms with Gasteiger partial charge in [-0.05, 0) is 42.0 Å². The molecule has 5 heteroatoms. The zero-order valence-electron chi connectivity index (χ0n) is 13.9. The fourth-order valence-corrected chi connectivity index (χ4v) is 2.26. The molecule has 5 nitrogen and oxygen atoms in total. The van der Waals surface area contributed by atoms with Crippen molar-refractivity contribution in [3.05, 3.63) is 90.0 Å². The molecule has 0 saturated carbocycles. The lowest BCUT2D eigenvalue weighted by Crippen LogP contribution is -2.13. The summed E-state index contributed by atoms with van der Waals surface area (Å²) in [5.41, 5.74) is 2.05. The molecule has 0 heterocycles. The van der Waals surface area contributed by atoms with Crippen LogP contribution in [-0.4, -0.2) is 12.4 Å². The van der Waals surface area contributed by atoms with Gasteiger partial charge in [0.25, 0.3) is 0 Å². The molecular weight excluding hydrogens is 330 g/mol. The standard InChI is InChI=1S/C21H17NO4/c23-14-16-9-11-19(12-10-16)26-20-8-4-7-18(13-20)22-21(24)25-15-17-5-2-1-3-6-17/h1-14H,15H2,(H,22,24). The summed E-state index contributed by atoms with van der Waals surface area (Å²) in [6.45, 7) is 0.200. The second-order valence-electron chi connectivity index (χ2n) is 5.50. The van der Waals surface area contributed by atoms with Crippen LogP contribution in [0.15, 0.2) is 78.9 Å². The Hall–Kier alpha value is -3.60. The maximum atomic E-state index is 11.9. The van der Waals surface area contributed by atoms with E-state index in [4.69, 9.17) is 9.47 Å². The van der Waals surface area contributed by atoms with Crippen molar-refractivity contribution in [2.45, 2.75) is 6.61 Å².